The number of thiazole rings is 1. The molecule has 0 spiro atoms. The molecule has 7 rings (SSSR count). The molecule has 27 nitrogen and oxygen atoms in total. The van der Waals surface area contributed by atoms with Crippen LogP contribution in [-0.4, -0.2) is 146 Å². The molecule has 7 heterocycles. The molecule has 0 aromatic carbocycles. The van der Waals surface area contributed by atoms with E-state index in [9.17, 15) is 43.3 Å². The number of nitrogens with two attached hydrogens (primary N) is 2. The molecule has 0 saturated carbocycles. The zero-order valence-electron chi connectivity index (χ0n) is 34.3. The first-order valence-electron chi connectivity index (χ1n) is 19.8. The van der Waals surface area contributed by atoms with Gasteiger partial charge in [-0.2, -0.15) is 4.98 Å². The molecular formula is C35H46N10O17P2S. The molecule has 3 aliphatic heterocycles. The van der Waals surface area contributed by atoms with Crippen LogP contribution in [0.5, 0.6) is 0 Å². The number of likely N-dealkylation sites (N-methyl/N-ethyl adjacent to an activating group) is 1. The molecular weight excluding hydrogens is 926 g/mol. The Morgan fingerprint density at radius 1 is 1.06 bits per heavy atom. The van der Waals surface area contributed by atoms with Crippen molar-refractivity contribution in [3.8, 4) is 0 Å². The number of hydrogen-bond acceptors (Lipinski definition) is 22. The first kappa shape index (κ1) is 48.3. The standard InChI is InChI=1S/C35H46N10O17P2S/c1-3-4-6-23(46)43(2)19(11-18-14-65-17-41-18)34(48)61-27-20(58-32(26(27)47)45-16-40-25-30(37)38-15-39-31(25)45)13-57-64(53,54)62-28-21(12-56-63(50,51)52)59-33(29(28)60-24-7-5-10-55-24)44-9-8-22(36)42-35(44)49/h3,8-9,14-17,19-21,24,26-29,32-33,47H,1,4-7,10-13H2,2H3,(H,53,54)(H2,36,42,49)(H2,37,38,39)(H2,50,51,52)/t19-,20+,21+,24?,26+,27+,28?,29+,32+,33+/m0/s1. The van der Waals surface area contributed by atoms with Crippen molar-refractivity contribution in [2.24, 2.45) is 0 Å². The number of aliphatic hydroxyl groups is 1. The lowest BCUT2D eigenvalue weighted by atomic mass is 10.1. The van der Waals surface area contributed by atoms with Crippen LogP contribution in [0.3, 0.4) is 0 Å². The number of rotatable bonds is 20. The maximum absolute atomic E-state index is 14.2. The molecule has 3 saturated heterocycles. The number of fused-ring (bicyclic) bond motifs is 1. The minimum Gasteiger partial charge on any atom is -0.455 e. The zero-order valence-corrected chi connectivity index (χ0v) is 36.9. The van der Waals surface area contributed by atoms with Crippen molar-refractivity contribution in [3.63, 3.8) is 0 Å². The largest absolute Gasteiger partial charge is 0.472 e. The highest BCUT2D eigenvalue weighted by molar-refractivity contribution is 7.47. The van der Waals surface area contributed by atoms with Crippen molar-refractivity contribution in [2.75, 3.05) is 38.3 Å². The third kappa shape index (κ3) is 11.5. The molecule has 0 radical (unpaired) electrons. The molecule has 4 aromatic rings. The summed E-state index contributed by atoms with van der Waals surface area (Å²) in [6, 6.07) is -0.0204. The van der Waals surface area contributed by atoms with Crippen molar-refractivity contribution in [1.82, 2.24) is 39.0 Å². The Kier molecular flexibility index (Phi) is 15.2. The summed E-state index contributed by atoms with van der Waals surface area (Å²) < 4.78 is 73.5. The summed E-state index contributed by atoms with van der Waals surface area (Å²) in [6.45, 7) is 2.03. The molecule has 354 valence electrons. The number of carbonyl (C=O) groups excluding carboxylic acids is 2. The lowest BCUT2D eigenvalue weighted by molar-refractivity contribution is -0.181. The van der Waals surface area contributed by atoms with E-state index >= 15 is 0 Å². The van der Waals surface area contributed by atoms with Gasteiger partial charge in [0.15, 0.2) is 36.3 Å². The van der Waals surface area contributed by atoms with Gasteiger partial charge in [0, 0.05) is 44.5 Å². The van der Waals surface area contributed by atoms with Crippen molar-refractivity contribution in [3.05, 3.63) is 64.6 Å². The van der Waals surface area contributed by atoms with Gasteiger partial charge >= 0.3 is 27.3 Å². The van der Waals surface area contributed by atoms with Crippen molar-refractivity contribution in [2.45, 2.75) is 93.5 Å². The van der Waals surface area contributed by atoms with Gasteiger partial charge in [-0.1, -0.05) is 6.08 Å². The minimum atomic E-state index is -5.42. The summed E-state index contributed by atoms with van der Waals surface area (Å²) in [7, 11) is -9.20. The fourth-order valence-electron chi connectivity index (χ4n) is 7.30. The summed E-state index contributed by atoms with van der Waals surface area (Å²) >= 11 is 1.26. The quantitative estimate of drug-likeness (QED) is 0.0384. The van der Waals surface area contributed by atoms with E-state index in [0.717, 1.165) is 10.9 Å². The first-order valence-corrected chi connectivity index (χ1v) is 23.7. The Morgan fingerprint density at radius 3 is 2.51 bits per heavy atom. The van der Waals surface area contributed by atoms with Gasteiger partial charge in [0.1, 0.15) is 54.2 Å². The van der Waals surface area contributed by atoms with Gasteiger partial charge < -0.3 is 59.8 Å². The highest BCUT2D eigenvalue weighted by Crippen LogP contribution is 2.51. The number of phosphoric ester groups is 2. The van der Waals surface area contributed by atoms with E-state index in [2.05, 4.69) is 36.0 Å². The number of esters is 1. The number of imidazole rings is 1. The molecule has 3 unspecified atom stereocenters. The summed E-state index contributed by atoms with van der Waals surface area (Å²) in [6.07, 6.45) is -7.56. The van der Waals surface area contributed by atoms with Gasteiger partial charge in [0.2, 0.25) is 5.91 Å². The van der Waals surface area contributed by atoms with E-state index in [1.54, 1.807) is 17.0 Å². The molecule has 0 aliphatic carbocycles. The van der Waals surface area contributed by atoms with Crippen LogP contribution in [0.1, 0.15) is 43.8 Å². The lowest BCUT2D eigenvalue weighted by Gasteiger charge is -2.30. The summed E-state index contributed by atoms with van der Waals surface area (Å²) in [5.74, 6) is -1.57. The van der Waals surface area contributed by atoms with Crippen LogP contribution in [0.25, 0.3) is 11.2 Å². The predicted octanol–water partition coefficient (Wildman–Crippen LogP) is -0.0593. The number of aliphatic hydroxyl groups excluding tert-OH is 1. The van der Waals surface area contributed by atoms with Crippen LogP contribution in [0, 0.1) is 0 Å². The maximum atomic E-state index is 14.2. The van der Waals surface area contributed by atoms with E-state index < -0.39 is 108 Å². The number of carbonyl (C=O) groups is 2. The SMILES string of the molecule is C=CCCC(=O)N(C)[C@@H](Cc1cscn1)C(=O)O[C@H]1[C@@H](O)[C@H](n2cnc3c(N)ncnc32)O[C@@H]1COP(=O)(O)OC1[C@@H](OC2CCCO2)[C@H](n2ccc(N)nc2=O)O[C@@H]1COP(=O)(O)O. The first-order chi connectivity index (χ1) is 30.9. The number of aromatic nitrogens is 7. The number of hydrogen-bond donors (Lipinski definition) is 6. The third-order valence-corrected chi connectivity index (χ3v) is 12.6. The number of nitrogen functional groups attached to an aromatic ring is 2. The maximum Gasteiger partial charge on any atom is 0.472 e. The van der Waals surface area contributed by atoms with Gasteiger partial charge in [-0.25, -0.2) is 38.7 Å². The summed E-state index contributed by atoms with van der Waals surface area (Å²) in [4.78, 5) is 92.2. The average Bonchev–Trinajstić information content (AvgIpc) is 4.12. The Bertz CT molecular complexity index is 2470. The smallest absolute Gasteiger partial charge is 0.455 e. The van der Waals surface area contributed by atoms with E-state index in [4.69, 9.17) is 44.2 Å². The van der Waals surface area contributed by atoms with E-state index in [1.165, 1.54) is 46.4 Å². The average molecular weight is 973 g/mol. The van der Waals surface area contributed by atoms with Gasteiger partial charge in [-0.05, 0) is 18.9 Å². The molecule has 1 amide bonds. The number of anilines is 2. The van der Waals surface area contributed by atoms with E-state index in [-0.39, 0.29) is 42.2 Å². The second-order valence-electron chi connectivity index (χ2n) is 14.8. The van der Waals surface area contributed by atoms with Gasteiger partial charge in [-0.3, -0.25) is 27.5 Å². The topological polar surface area (TPSA) is 370 Å². The van der Waals surface area contributed by atoms with Crippen LogP contribution in [0.4, 0.5) is 11.6 Å². The van der Waals surface area contributed by atoms with E-state index in [0.29, 0.717) is 25.0 Å². The van der Waals surface area contributed by atoms with Crippen molar-refractivity contribution in [1.29, 1.82) is 0 Å². The Balaban J connectivity index is 1.17. The lowest BCUT2D eigenvalue weighted by Crippen LogP contribution is -2.48. The Morgan fingerprint density at radius 2 is 1.82 bits per heavy atom. The monoisotopic (exact) mass is 972 g/mol. The van der Waals surface area contributed by atoms with Crippen molar-refractivity contribution < 1.29 is 75.8 Å². The molecule has 30 heteroatoms. The van der Waals surface area contributed by atoms with Crippen LogP contribution in [-0.2, 0) is 62.4 Å². The molecule has 3 aliphatic rings. The molecule has 4 aromatic heterocycles. The molecule has 65 heavy (non-hydrogen) atoms. The van der Waals surface area contributed by atoms with Crippen LogP contribution in [0.2, 0.25) is 0 Å². The predicted molar refractivity (Wildman–Crippen MR) is 221 cm³/mol. The second-order valence-corrected chi connectivity index (χ2v) is 18.2. The fraction of sp³-hybridized carbons (Fsp3) is 0.543. The number of nitrogens with zero attached hydrogens (tertiary/aromatic N) is 8. The van der Waals surface area contributed by atoms with Gasteiger partial charge in [0.25, 0.3) is 0 Å². The van der Waals surface area contributed by atoms with Crippen LogP contribution < -0.4 is 17.2 Å². The molecule has 0 bridgehead atoms. The Hall–Kier alpha value is -4.64. The summed E-state index contributed by atoms with van der Waals surface area (Å²) in [5.41, 5.74) is 13.0. The third-order valence-electron chi connectivity index (χ3n) is 10.5. The number of amides is 1. The fourth-order valence-corrected chi connectivity index (χ4v) is 9.17. The Labute approximate surface area is 372 Å². The normalized spacial score (nSPS) is 27.1. The van der Waals surface area contributed by atoms with Crippen molar-refractivity contribution >= 4 is 61.7 Å². The van der Waals surface area contributed by atoms with Gasteiger partial charge in [0.05, 0.1) is 30.7 Å². The van der Waals surface area contributed by atoms with Crippen LogP contribution >= 0.6 is 27.0 Å². The highest BCUT2D eigenvalue weighted by atomic mass is 32.1. The summed E-state index contributed by atoms with van der Waals surface area (Å²) in [5, 5.41) is 13.5. The number of ether oxygens (including phenoxy) is 5. The molecule has 8 N–H and O–H groups in total. The van der Waals surface area contributed by atoms with Crippen LogP contribution in [0.15, 0.2) is 53.3 Å². The second kappa shape index (κ2) is 20.5. The highest BCUT2D eigenvalue weighted by Gasteiger charge is 2.54. The van der Waals surface area contributed by atoms with E-state index in [1.807, 2.05) is 0 Å². The minimum absolute atomic E-state index is 0.00144. The molecule has 3 fully saturated rings. The number of phosphoric acid groups is 2. The number of allylic oxidation sites excluding steroid dienone is 1. The zero-order chi connectivity index (χ0) is 46.6. The van der Waals surface area contributed by atoms with Gasteiger partial charge in [-0.15, -0.1) is 17.9 Å². The molecule has 11 atom stereocenters.